The van der Waals surface area contributed by atoms with Crippen LogP contribution in [0.4, 0.5) is 0 Å². The van der Waals surface area contributed by atoms with Crippen molar-refractivity contribution in [3.8, 4) is 0 Å². The average Bonchev–Trinajstić information content (AvgIpc) is 2.85. The van der Waals surface area contributed by atoms with Crippen LogP contribution < -0.4 is 0 Å². The van der Waals surface area contributed by atoms with Crippen LogP contribution in [0.3, 0.4) is 0 Å². The number of amides is 1. The summed E-state index contributed by atoms with van der Waals surface area (Å²) in [7, 11) is 0. The van der Waals surface area contributed by atoms with Crippen LogP contribution in [0.15, 0.2) is 0 Å². The molecule has 0 radical (unpaired) electrons. The average molecular weight is 292 g/mol. The van der Waals surface area contributed by atoms with E-state index in [1.807, 2.05) is 0 Å². The van der Waals surface area contributed by atoms with Crippen LogP contribution in [0.1, 0.15) is 59.3 Å². The molecule has 1 aliphatic carbocycles. The number of carbonyl (C=O) groups excluding carboxylic acids is 1. The van der Waals surface area contributed by atoms with Gasteiger partial charge in [0, 0.05) is 37.6 Å². The first-order valence-electron chi connectivity index (χ1n) is 9.03. The quantitative estimate of drug-likeness (QED) is 0.798. The molecule has 0 aromatic heterocycles. The van der Waals surface area contributed by atoms with E-state index in [1.165, 1.54) is 38.8 Å². The third kappa shape index (κ3) is 2.99. The molecule has 3 aliphatic rings. The minimum Gasteiger partial charge on any atom is -0.342 e. The van der Waals surface area contributed by atoms with E-state index in [2.05, 4.69) is 30.6 Å². The minimum atomic E-state index is -0.0300. The lowest BCUT2D eigenvalue weighted by atomic mass is 9.78. The fraction of sp³-hybridized carbons (Fsp3) is 0.944. The van der Waals surface area contributed by atoms with Crippen LogP contribution in [-0.2, 0) is 4.79 Å². The van der Waals surface area contributed by atoms with E-state index >= 15 is 0 Å². The van der Waals surface area contributed by atoms with Gasteiger partial charge in [-0.05, 0) is 51.4 Å². The molecule has 2 saturated heterocycles. The standard InChI is InChI=1S/C18H32N2O/c1-14(2)20-12-16(13-20)15-6-10-19(11-7-15)17(21)18(3)8-4-5-9-18/h14-16H,4-13H2,1-3H3. The van der Waals surface area contributed by atoms with Crippen molar-refractivity contribution in [3.63, 3.8) is 0 Å². The third-order valence-electron chi connectivity index (χ3n) is 6.39. The molecule has 21 heavy (non-hydrogen) atoms. The van der Waals surface area contributed by atoms with Gasteiger partial charge in [-0.3, -0.25) is 4.79 Å². The van der Waals surface area contributed by atoms with E-state index in [0.717, 1.165) is 37.8 Å². The third-order valence-corrected chi connectivity index (χ3v) is 6.39. The van der Waals surface area contributed by atoms with Gasteiger partial charge in [0.25, 0.3) is 0 Å². The zero-order valence-corrected chi connectivity index (χ0v) is 14.1. The topological polar surface area (TPSA) is 23.6 Å². The number of rotatable bonds is 3. The molecular formula is C18H32N2O. The zero-order chi connectivity index (χ0) is 15.0. The van der Waals surface area contributed by atoms with Crippen molar-refractivity contribution in [3.05, 3.63) is 0 Å². The molecule has 0 bridgehead atoms. The van der Waals surface area contributed by atoms with Crippen LogP contribution in [-0.4, -0.2) is 47.9 Å². The summed E-state index contributed by atoms with van der Waals surface area (Å²) in [6, 6.07) is 0.699. The van der Waals surface area contributed by atoms with Crippen LogP contribution >= 0.6 is 0 Å². The number of piperidine rings is 1. The van der Waals surface area contributed by atoms with Crippen LogP contribution in [0.25, 0.3) is 0 Å². The van der Waals surface area contributed by atoms with Crippen molar-refractivity contribution < 1.29 is 4.79 Å². The second kappa shape index (κ2) is 5.91. The number of nitrogens with zero attached hydrogens (tertiary/aromatic N) is 2. The SMILES string of the molecule is CC(C)N1CC(C2CCN(C(=O)C3(C)CCCC3)CC2)C1. The molecule has 0 N–H and O–H groups in total. The number of hydrogen-bond donors (Lipinski definition) is 0. The molecule has 0 aromatic rings. The summed E-state index contributed by atoms with van der Waals surface area (Å²) in [5, 5.41) is 0. The highest BCUT2D eigenvalue weighted by Gasteiger charge is 2.41. The molecule has 0 unspecified atom stereocenters. The molecule has 3 nitrogen and oxygen atoms in total. The van der Waals surface area contributed by atoms with Crippen molar-refractivity contribution in [1.29, 1.82) is 0 Å². The first kappa shape index (κ1) is 15.3. The predicted octanol–water partition coefficient (Wildman–Crippen LogP) is 3.15. The Bertz CT molecular complexity index is 373. The molecule has 2 aliphatic heterocycles. The summed E-state index contributed by atoms with van der Waals surface area (Å²) < 4.78 is 0. The molecule has 0 atom stereocenters. The largest absolute Gasteiger partial charge is 0.342 e. The Hall–Kier alpha value is -0.570. The van der Waals surface area contributed by atoms with Gasteiger partial charge in [0.05, 0.1) is 0 Å². The van der Waals surface area contributed by atoms with E-state index in [4.69, 9.17) is 0 Å². The summed E-state index contributed by atoms with van der Waals surface area (Å²) in [6.07, 6.45) is 7.17. The molecule has 3 heteroatoms. The van der Waals surface area contributed by atoms with Gasteiger partial charge in [0.2, 0.25) is 5.91 Å². The molecule has 0 spiro atoms. The Kier molecular flexibility index (Phi) is 4.31. The van der Waals surface area contributed by atoms with Gasteiger partial charge in [0.1, 0.15) is 0 Å². The molecule has 1 amide bonds. The summed E-state index contributed by atoms with van der Waals surface area (Å²) in [4.78, 5) is 17.5. The molecule has 1 saturated carbocycles. The van der Waals surface area contributed by atoms with Crippen molar-refractivity contribution in [2.45, 2.75) is 65.3 Å². The molecule has 3 rings (SSSR count). The zero-order valence-electron chi connectivity index (χ0n) is 14.1. The maximum absolute atomic E-state index is 12.7. The summed E-state index contributed by atoms with van der Waals surface area (Å²) in [5.74, 6) is 2.21. The normalized spacial score (nSPS) is 28.1. The van der Waals surface area contributed by atoms with Gasteiger partial charge < -0.3 is 9.80 Å². The Morgan fingerprint density at radius 3 is 2.14 bits per heavy atom. The van der Waals surface area contributed by atoms with E-state index in [1.54, 1.807) is 0 Å². The van der Waals surface area contributed by atoms with Gasteiger partial charge in [-0.15, -0.1) is 0 Å². The fourth-order valence-electron chi connectivity index (χ4n) is 4.59. The van der Waals surface area contributed by atoms with Gasteiger partial charge in [0.15, 0.2) is 0 Å². The molecule has 3 fully saturated rings. The number of carbonyl (C=O) groups is 1. The first-order valence-corrected chi connectivity index (χ1v) is 9.03. The fourth-order valence-corrected chi connectivity index (χ4v) is 4.59. The maximum Gasteiger partial charge on any atom is 0.228 e. The number of likely N-dealkylation sites (tertiary alicyclic amines) is 2. The monoisotopic (exact) mass is 292 g/mol. The van der Waals surface area contributed by atoms with E-state index < -0.39 is 0 Å². The van der Waals surface area contributed by atoms with Crippen LogP contribution in [0.2, 0.25) is 0 Å². The maximum atomic E-state index is 12.7. The van der Waals surface area contributed by atoms with E-state index in [0.29, 0.717) is 11.9 Å². The van der Waals surface area contributed by atoms with Gasteiger partial charge in [-0.1, -0.05) is 19.8 Å². The van der Waals surface area contributed by atoms with Gasteiger partial charge in [-0.25, -0.2) is 0 Å². The van der Waals surface area contributed by atoms with Crippen LogP contribution in [0, 0.1) is 17.3 Å². The number of hydrogen-bond acceptors (Lipinski definition) is 2. The van der Waals surface area contributed by atoms with E-state index in [-0.39, 0.29) is 5.41 Å². The van der Waals surface area contributed by atoms with Gasteiger partial charge >= 0.3 is 0 Å². The first-order chi connectivity index (χ1) is 9.99. The molecular weight excluding hydrogens is 260 g/mol. The second-order valence-electron chi connectivity index (χ2n) is 8.21. The highest BCUT2D eigenvalue weighted by molar-refractivity contribution is 5.82. The van der Waals surface area contributed by atoms with Crippen LogP contribution in [0.5, 0.6) is 0 Å². The van der Waals surface area contributed by atoms with Gasteiger partial charge in [-0.2, -0.15) is 0 Å². The van der Waals surface area contributed by atoms with Crippen molar-refractivity contribution in [2.24, 2.45) is 17.3 Å². The van der Waals surface area contributed by atoms with Crippen molar-refractivity contribution in [1.82, 2.24) is 9.80 Å². The lowest BCUT2D eigenvalue weighted by Gasteiger charge is -2.48. The predicted molar refractivity (Wildman–Crippen MR) is 86.1 cm³/mol. The Morgan fingerprint density at radius 1 is 1.05 bits per heavy atom. The highest BCUT2D eigenvalue weighted by Crippen LogP contribution is 2.40. The molecule has 120 valence electrons. The Balaban J connectivity index is 1.46. The summed E-state index contributed by atoms with van der Waals surface area (Å²) >= 11 is 0. The second-order valence-corrected chi connectivity index (χ2v) is 8.21. The highest BCUT2D eigenvalue weighted by atomic mass is 16.2. The Morgan fingerprint density at radius 2 is 1.62 bits per heavy atom. The Labute approximate surface area is 130 Å². The summed E-state index contributed by atoms with van der Waals surface area (Å²) in [6.45, 7) is 11.4. The van der Waals surface area contributed by atoms with Crippen molar-refractivity contribution in [2.75, 3.05) is 26.2 Å². The summed E-state index contributed by atoms with van der Waals surface area (Å²) in [5.41, 5.74) is -0.0300. The van der Waals surface area contributed by atoms with Crippen molar-refractivity contribution >= 4 is 5.91 Å². The lowest BCUT2D eigenvalue weighted by Crippen LogP contribution is -2.55. The molecule has 0 aromatic carbocycles. The molecule has 2 heterocycles. The minimum absolute atomic E-state index is 0.0300. The van der Waals surface area contributed by atoms with E-state index in [9.17, 15) is 4.79 Å². The smallest absolute Gasteiger partial charge is 0.228 e. The lowest BCUT2D eigenvalue weighted by molar-refractivity contribution is -0.143.